The number of aryl methyl sites for hydroxylation is 1. The molecule has 0 radical (unpaired) electrons. The van der Waals surface area contributed by atoms with E-state index in [9.17, 15) is 14.4 Å². The lowest BCUT2D eigenvalue weighted by Gasteiger charge is -2.29. The molecular formula is C36H39N9O4. The average molecular weight is 662 g/mol. The molecule has 49 heavy (non-hydrogen) atoms. The molecule has 2 fully saturated rings. The molecular weight excluding hydrogens is 622 g/mol. The van der Waals surface area contributed by atoms with Gasteiger partial charge in [-0.15, -0.1) is 5.10 Å². The molecule has 13 heteroatoms. The number of amides is 2. The number of carbonyl (C=O) groups excluding carboxylic acids is 2. The highest BCUT2D eigenvalue weighted by Crippen LogP contribution is 2.43. The van der Waals surface area contributed by atoms with Gasteiger partial charge in [0.25, 0.3) is 0 Å². The van der Waals surface area contributed by atoms with Crippen LogP contribution >= 0.6 is 0 Å². The Labute approximate surface area is 282 Å². The van der Waals surface area contributed by atoms with Gasteiger partial charge in [-0.2, -0.15) is 14.9 Å². The van der Waals surface area contributed by atoms with E-state index in [4.69, 9.17) is 4.42 Å². The highest BCUT2D eigenvalue weighted by Gasteiger charge is 2.51. The van der Waals surface area contributed by atoms with Gasteiger partial charge in [0.2, 0.25) is 17.7 Å². The summed E-state index contributed by atoms with van der Waals surface area (Å²) in [4.78, 5) is 45.0. The second-order valence-corrected chi connectivity index (χ2v) is 13.7. The number of anilines is 1. The van der Waals surface area contributed by atoms with Crippen molar-refractivity contribution in [3.05, 3.63) is 77.0 Å². The van der Waals surface area contributed by atoms with Crippen molar-refractivity contribution in [1.82, 2.24) is 39.6 Å². The molecule has 0 saturated carbocycles. The molecule has 2 aromatic carbocycles. The fourth-order valence-corrected chi connectivity index (χ4v) is 7.41. The molecule has 3 aliphatic rings. The first kappa shape index (κ1) is 31.0. The van der Waals surface area contributed by atoms with Crippen molar-refractivity contribution in [2.75, 3.05) is 44.2 Å². The first-order chi connectivity index (χ1) is 23.7. The third-order valence-electron chi connectivity index (χ3n) is 10.3. The maximum Gasteiger partial charge on any atom is 0.437 e. The third kappa shape index (κ3) is 5.57. The van der Waals surface area contributed by atoms with Gasteiger partial charge in [0, 0.05) is 67.7 Å². The lowest BCUT2D eigenvalue weighted by molar-refractivity contribution is -0.132. The van der Waals surface area contributed by atoms with Crippen LogP contribution in [0.2, 0.25) is 0 Å². The van der Waals surface area contributed by atoms with Gasteiger partial charge in [0.1, 0.15) is 5.69 Å². The Kier molecular flexibility index (Phi) is 7.58. The summed E-state index contributed by atoms with van der Waals surface area (Å²) in [5.74, 6) is 0.0278. The third-order valence-corrected chi connectivity index (χ3v) is 10.3. The monoisotopic (exact) mass is 661 g/mol. The van der Waals surface area contributed by atoms with Gasteiger partial charge >= 0.3 is 5.76 Å². The summed E-state index contributed by atoms with van der Waals surface area (Å²) >= 11 is 0. The fourth-order valence-electron chi connectivity index (χ4n) is 7.41. The van der Waals surface area contributed by atoms with Crippen molar-refractivity contribution in [1.29, 1.82) is 0 Å². The largest absolute Gasteiger partial charge is 0.437 e. The van der Waals surface area contributed by atoms with E-state index < -0.39 is 11.2 Å². The molecule has 1 atom stereocenters. The first-order valence-electron chi connectivity index (χ1n) is 16.9. The Hall–Kier alpha value is -5.30. The normalized spacial score (nSPS) is 20.0. The minimum absolute atomic E-state index is 0.0916. The van der Waals surface area contributed by atoms with E-state index >= 15 is 0 Å². The minimum atomic E-state index is -0.496. The van der Waals surface area contributed by atoms with Crippen LogP contribution in [0.4, 0.5) is 5.69 Å². The van der Waals surface area contributed by atoms with Crippen LogP contribution in [0.15, 0.2) is 70.1 Å². The lowest BCUT2D eigenvalue weighted by atomic mass is 9.85. The summed E-state index contributed by atoms with van der Waals surface area (Å²) in [6.45, 7) is 7.66. The Bertz CT molecular complexity index is 2150. The van der Waals surface area contributed by atoms with Gasteiger partial charge in [-0.05, 0) is 81.1 Å². The number of likely N-dealkylation sites (tertiary alicyclic amines) is 1. The SMILES string of the molecule is CC(C)n1cc(-c2n[nH]c3ccc(N4CC[C@]5(CCN(CC(=O)N6CC=C(c7ccc(-c8nn(C)c(=O)o8)cc7)CC6)C5)C4=O)cc23)cn1. The van der Waals surface area contributed by atoms with Crippen molar-refractivity contribution in [2.45, 2.75) is 39.2 Å². The number of fused-ring (bicyclic) bond motifs is 1. The zero-order chi connectivity index (χ0) is 33.9. The van der Waals surface area contributed by atoms with Crippen LogP contribution in [-0.4, -0.2) is 90.6 Å². The van der Waals surface area contributed by atoms with Crippen molar-refractivity contribution in [3.8, 4) is 22.7 Å². The fraction of sp³-hybridized carbons (Fsp3) is 0.389. The molecule has 2 amide bonds. The molecule has 13 nitrogen and oxygen atoms in total. The molecule has 0 bridgehead atoms. The average Bonchev–Trinajstić information content (AvgIpc) is 3.95. The number of H-pyrrole nitrogens is 1. The molecule has 2 saturated heterocycles. The van der Waals surface area contributed by atoms with Crippen molar-refractivity contribution >= 4 is 34.0 Å². The van der Waals surface area contributed by atoms with Gasteiger partial charge in [-0.3, -0.25) is 24.3 Å². The number of carbonyl (C=O) groups is 2. The molecule has 0 aliphatic carbocycles. The predicted octanol–water partition coefficient (Wildman–Crippen LogP) is 4.11. The number of hydrogen-bond donors (Lipinski definition) is 1. The number of rotatable bonds is 7. The molecule has 1 N–H and O–H groups in total. The number of hydrogen-bond acceptors (Lipinski definition) is 8. The minimum Gasteiger partial charge on any atom is -0.388 e. The summed E-state index contributed by atoms with van der Waals surface area (Å²) in [6, 6.07) is 14.1. The molecule has 6 heterocycles. The van der Waals surface area contributed by atoms with E-state index in [1.54, 1.807) is 7.05 Å². The first-order valence-corrected chi connectivity index (χ1v) is 16.9. The summed E-state index contributed by atoms with van der Waals surface area (Å²) < 4.78 is 8.27. The zero-order valence-electron chi connectivity index (χ0n) is 27.9. The lowest BCUT2D eigenvalue weighted by Crippen LogP contribution is -2.43. The van der Waals surface area contributed by atoms with Gasteiger partial charge in [-0.25, -0.2) is 4.79 Å². The van der Waals surface area contributed by atoms with Crippen LogP contribution in [0.25, 0.3) is 39.2 Å². The molecule has 5 aromatic rings. The van der Waals surface area contributed by atoms with Crippen molar-refractivity contribution in [2.24, 2.45) is 12.5 Å². The summed E-state index contributed by atoms with van der Waals surface area (Å²) in [6.07, 6.45) is 8.23. The summed E-state index contributed by atoms with van der Waals surface area (Å²) in [7, 11) is 1.55. The summed E-state index contributed by atoms with van der Waals surface area (Å²) in [5.41, 5.74) is 6.07. The number of nitrogens with zero attached hydrogens (tertiary/aromatic N) is 8. The number of benzene rings is 2. The van der Waals surface area contributed by atoms with Gasteiger partial charge in [0.05, 0.1) is 23.7 Å². The van der Waals surface area contributed by atoms with Gasteiger partial charge < -0.3 is 14.2 Å². The highest BCUT2D eigenvalue weighted by atomic mass is 16.4. The Morgan fingerprint density at radius 2 is 1.82 bits per heavy atom. The van der Waals surface area contributed by atoms with Gasteiger partial charge in [-0.1, -0.05) is 18.2 Å². The molecule has 0 unspecified atom stereocenters. The van der Waals surface area contributed by atoms with E-state index in [1.165, 1.54) is 10.3 Å². The quantitative estimate of drug-likeness (QED) is 0.275. The van der Waals surface area contributed by atoms with Crippen molar-refractivity contribution in [3.63, 3.8) is 0 Å². The number of nitrogens with one attached hydrogen (secondary N) is 1. The zero-order valence-corrected chi connectivity index (χ0v) is 27.9. The predicted molar refractivity (Wildman–Crippen MR) is 185 cm³/mol. The molecule has 3 aromatic heterocycles. The maximum absolute atomic E-state index is 14.0. The van der Waals surface area contributed by atoms with Crippen LogP contribution < -0.4 is 10.7 Å². The standard InChI is InChI=1S/C36H39N9O4/c1-23(2)45-20-27(19-37-45)32-29-18-28(8-9-30(29)38-39-32)44-17-13-36(34(44)47)12-16-42(22-36)21-31(46)43-14-10-25(11-15-43)24-4-6-26(7-5-24)33-40-41(3)35(48)49-33/h4-10,18-20,23H,11-17,21-22H2,1-3H3,(H,38,39)/t36-/m0/s1. The maximum atomic E-state index is 14.0. The Balaban J connectivity index is 0.891. The second kappa shape index (κ2) is 12.0. The summed E-state index contributed by atoms with van der Waals surface area (Å²) in [5, 5.41) is 17.2. The van der Waals surface area contributed by atoms with Crippen LogP contribution in [-0.2, 0) is 16.6 Å². The van der Waals surface area contributed by atoms with Crippen LogP contribution in [0.3, 0.4) is 0 Å². The van der Waals surface area contributed by atoms with E-state index in [2.05, 4.69) is 51.3 Å². The Morgan fingerprint density at radius 1 is 1.02 bits per heavy atom. The molecule has 8 rings (SSSR count). The number of aromatic nitrogens is 6. The Morgan fingerprint density at radius 3 is 2.53 bits per heavy atom. The smallest absolute Gasteiger partial charge is 0.388 e. The molecule has 252 valence electrons. The molecule has 1 spiro atoms. The second-order valence-electron chi connectivity index (χ2n) is 13.7. The van der Waals surface area contributed by atoms with Crippen molar-refractivity contribution < 1.29 is 14.0 Å². The topological polar surface area (TPSA) is 138 Å². The van der Waals surface area contributed by atoms with E-state index in [0.717, 1.165) is 64.8 Å². The van der Waals surface area contributed by atoms with E-state index in [0.29, 0.717) is 38.6 Å². The van der Waals surface area contributed by atoms with Crippen LogP contribution in [0.5, 0.6) is 0 Å². The van der Waals surface area contributed by atoms with E-state index in [1.807, 2.05) is 63.3 Å². The molecule has 3 aliphatic heterocycles. The van der Waals surface area contributed by atoms with Gasteiger partial charge in [0.15, 0.2) is 0 Å². The van der Waals surface area contributed by atoms with Crippen LogP contribution in [0.1, 0.15) is 44.7 Å². The highest BCUT2D eigenvalue weighted by molar-refractivity contribution is 6.03. The van der Waals surface area contributed by atoms with Crippen LogP contribution in [0, 0.1) is 5.41 Å². The number of aromatic amines is 1. The van der Waals surface area contributed by atoms with E-state index in [-0.39, 0.29) is 17.9 Å².